The molecule has 1 amide bonds. The normalized spacial score (nSPS) is 14.3. The Kier molecular flexibility index (Phi) is 4.79. The maximum atomic E-state index is 13.1. The fourth-order valence-corrected chi connectivity index (χ4v) is 2.04. The molecule has 23 heavy (non-hydrogen) atoms. The van der Waals surface area contributed by atoms with Crippen molar-refractivity contribution in [2.45, 2.75) is 31.7 Å². The number of furan rings is 1. The van der Waals surface area contributed by atoms with Gasteiger partial charge in [0.15, 0.2) is 0 Å². The Morgan fingerprint density at radius 2 is 1.87 bits per heavy atom. The minimum atomic E-state index is -5.04. The molecule has 0 saturated heterocycles. The summed E-state index contributed by atoms with van der Waals surface area (Å²) in [5.74, 6) is -1.64. The zero-order valence-electron chi connectivity index (χ0n) is 12.4. The van der Waals surface area contributed by atoms with Gasteiger partial charge in [-0.05, 0) is 24.6 Å². The van der Waals surface area contributed by atoms with Crippen LogP contribution < -0.4 is 5.32 Å². The first kappa shape index (κ1) is 17.1. The lowest BCUT2D eigenvalue weighted by Crippen LogP contribution is -2.45. The van der Waals surface area contributed by atoms with Crippen molar-refractivity contribution in [2.24, 2.45) is 0 Å². The summed E-state index contributed by atoms with van der Waals surface area (Å²) in [5.41, 5.74) is -1.57. The number of rotatable bonds is 5. The van der Waals surface area contributed by atoms with Gasteiger partial charge >= 0.3 is 6.18 Å². The summed E-state index contributed by atoms with van der Waals surface area (Å²) in [4.78, 5) is 11.8. The van der Waals surface area contributed by atoms with Crippen LogP contribution in [-0.4, -0.2) is 17.2 Å². The molecule has 2 aromatic rings. The van der Waals surface area contributed by atoms with E-state index in [0.29, 0.717) is 0 Å². The Labute approximate surface area is 130 Å². The number of benzene rings is 1. The topological polar surface area (TPSA) is 62.5 Å². The third kappa shape index (κ3) is 3.92. The van der Waals surface area contributed by atoms with Crippen molar-refractivity contribution >= 4 is 5.91 Å². The van der Waals surface area contributed by atoms with Gasteiger partial charge in [-0.3, -0.25) is 4.79 Å². The van der Waals surface area contributed by atoms with Gasteiger partial charge in [-0.25, -0.2) is 0 Å². The third-order valence-electron chi connectivity index (χ3n) is 3.42. The summed E-state index contributed by atoms with van der Waals surface area (Å²) in [7, 11) is 0. The minimum absolute atomic E-state index is 0.0746. The highest BCUT2D eigenvalue weighted by Gasteiger charge is 2.58. The van der Waals surface area contributed by atoms with Gasteiger partial charge in [-0.2, -0.15) is 13.2 Å². The van der Waals surface area contributed by atoms with Crippen LogP contribution >= 0.6 is 0 Å². The van der Waals surface area contributed by atoms with Crippen molar-refractivity contribution in [2.75, 3.05) is 0 Å². The van der Waals surface area contributed by atoms with E-state index in [1.54, 1.807) is 12.1 Å². The summed E-state index contributed by atoms with van der Waals surface area (Å²) in [5, 5.41) is 12.3. The lowest BCUT2D eigenvalue weighted by Gasteiger charge is -2.27. The first-order chi connectivity index (χ1) is 10.7. The van der Waals surface area contributed by atoms with Crippen LogP contribution in [0.15, 0.2) is 47.1 Å². The molecule has 124 valence electrons. The van der Waals surface area contributed by atoms with Gasteiger partial charge in [0.05, 0.1) is 12.7 Å². The van der Waals surface area contributed by atoms with Gasteiger partial charge < -0.3 is 14.8 Å². The molecule has 1 unspecified atom stereocenters. The number of aliphatic hydroxyl groups is 1. The molecule has 0 aliphatic heterocycles. The Balaban J connectivity index is 2.05. The summed E-state index contributed by atoms with van der Waals surface area (Å²) >= 11 is 0. The van der Waals surface area contributed by atoms with Gasteiger partial charge in [0, 0.05) is 6.54 Å². The largest absolute Gasteiger partial charge is 0.466 e. The molecule has 0 fully saturated rings. The second-order valence-electron chi connectivity index (χ2n) is 5.27. The monoisotopic (exact) mass is 327 g/mol. The van der Waals surface area contributed by atoms with E-state index in [1.807, 2.05) is 19.1 Å². The number of hydrogen-bond acceptors (Lipinski definition) is 3. The van der Waals surface area contributed by atoms with Crippen LogP contribution in [0.1, 0.15) is 23.3 Å². The Hall–Kier alpha value is -2.28. The van der Waals surface area contributed by atoms with Crippen molar-refractivity contribution in [3.05, 3.63) is 59.5 Å². The highest BCUT2D eigenvalue weighted by molar-refractivity contribution is 5.77. The molecule has 7 heteroatoms. The minimum Gasteiger partial charge on any atom is -0.466 e. The van der Waals surface area contributed by atoms with E-state index in [9.17, 15) is 23.1 Å². The standard InChI is InChI=1S/C16H16F3NO3/c1-11-4-6-12(7-5-11)10-20-14(21)9-15(22,16(17,18)19)13-3-2-8-23-13/h2-8,22H,9-10H2,1H3,(H,20,21). The summed E-state index contributed by atoms with van der Waals surface area (Å²) in [6.45, 7) is 1.97. The molecule has 0 bridgehead atoms. The molecule has 1 heterocycles. The molecule has 1 atom stereocenters. The number of nitrogens with one attached hydrogen (secondary N) is 1. The van der Waals surface area contributed by atoms with Crippen LogP contribution in [0.2, 0.25) is 0 Å². The van der Waals surface area contributed by atoms with E-state index in [-0.39, 0.29) is 6.54 Å². The van der Waals surface area contributed by atoms with Gasteiger partial charge in [-0.1, -0.05) is 29.8 Å². The van der Waals surface area contributed by atoms with Crippen LogP contribution in [0, 0.1) is 6.92 Å². The van der Waals surface area contributed by atoms with Crippen molar-refractivity contribution in [1.82, 2.24) is 5.32 Å². The molecule has 0 aliphatic carbocycles. The summed E-state index contributed by atoms with van der Waals surface area (Å²) in [6.07, 6.45) is -5.20. The molecule has 4 nitrogen and oxygen atoms in total. The zero-order chi connectivity index (χ0) is 17.1. The average molecular weight is 327 g/mol. The van der Waals surface area contributed by atoms with Gasteiger partial charge in [-0.15, -0.1) is 0 Å². The van der Waals surface area contributed by atoms with Crippen LogP contribution in [0.3, 0.4) is 0 Å². The molecule has 2 N–H and O–H groups in total. The molecule has 0 spiro atoms. The van der Waals surface area contributed by atoms with Crippen LogP contribution in [0.5, 0.6) is 0 Å². The van der Waals surface area contributed by atoms with E-state index in [4.69, 9.17) is 0 Å². The van der Waals surface area contributed by atoms with E-state index in [1.165, 1.54) is 6.07 Å². The first-order valence-electron chi connectivity index (χ1n) is 6.88. The molecule has 0 saturated carbocycles. The van der Waals surface area contributed by atoms with Crippen molar-refractivity contribution in [1.29, 1.82) is 0 Å². The Morgan fingerprint density at radius 3 is 2.39 bits per heavy atom. The average Bonchev–Trinajstić information content (AvgIpc) is 3.00. The highest BCUT2D eigenvalue weighted by atomic mass is 19.4. The summed E-state index contributed by atoms with van der Waals surface area (Å²) < 4.78 is 44.1. The molecule has 1 aromatic heterocycles. The smallest absolute Gasteiger partial charge is 0.425 e. The molecule has 0 aliphatic rings. The van der Waals surface area contributed by atoms with Crippen LogP contribution in [0.25, 0.3) is 0 Å². The highest BCUT2D eigenvalue weighted by Crippen LogP contribution is 2.41. The predicted octanol–water partition coefficient (Wildman–Crippen LogP) is 3.04. The van der Waals surface area contributed by atoms with Crippen molar-refractivity contribution in [3.8, 4) is 0 Å². The number of halogens is 3. The Morgan fingerprint density at radius 1 is 1.22 bits per heavy atom. The number of alkyl halides is 3. The number of aryl methyl sites for hydroxylation is 1. The fourth-order valence-electron chi connectivity index (χ4n) is 2.04. The second-order valence-corrected chi connectivity index (χ2v) is 5.27. The lowest BCUT2D eigenvalue weighted by molar-refractivity contribution is -0.273. The molecule has 2 rings (SSSR count). The fraction of sp³-hybridized carbons (Fsp3) is 0.312. The molecule has 0 radical (unpaired) electrons. The van der Waals surface area contributed by atoms with Gasteiger partial charge in [0.25, 0.3) is 0 Å². The number of carbonyl (C=O) groups excluding carboxylic acids is 1. The van der Waals surface area contributed by atoms with Crippen LogP contribution in [-0.2, 0) is 16.9 Å². The predicted molar refractivity (Wildman–Crippen MR) is 76.3 cm³/mol. The zero-order valence-corrected chi connectivity index (χ0v) is 12.4. The second kappa shape index (κ2) is 6.45. The van der Waals surface area contributed by atoms with Gasteiger partial charge in [0.2, 0.25) is 11.5 Å². The van der Waals surface area contributed by atoms with Crippen molar-refractivity contribution < 1.29 is 27.5 Å². The third-order valence-corrected chi connectivity index (χ3v) is 3.42. The van der Waals surface area contributed by atoms with E-state index < -0.39 is 29.9 Å². The van der Waals surface area contributed by atoms with E-state index in [0.717, 1.165) is 23.5 Å². The van der Waals surface area contributed by atoms with Crippen LogP contribution in [0.4, 0.5) is 13.2 Å². The molecular weight excluding hydrogens is 311 g/mol. The first-order valence-corrected chi connectivity index (χ1v) is 6.88. The number of carbonyl (C=O) groups is 1. The van der Waals surface area contributed by atoms with Gasteiger partial charge in [0.1, 0.15) is 5.76 Å². The summed E-state index contributed by atoms with van der Waals surface area (Å²) in [6, 6.07) is 9.39. The quantitative estimate of drug-likeness (QED) is 0.887. The number of amides is 1. The number of hydrogen-bond donors (Lipinski definition) is 2. The maximum Gasteiger partial charge on any atom is 0.425 e. The molecular formula is C16H16F3NO3. The van der Waals surface area contributed by atoms with E-state index in [2.05, 4.69) is 9.73 Å². The van der Waals surface area contributed by atoms with Crippen molar-refractivity contribution in [3.63, 3.8) is 0 Å². The Bertz CT molecular complexity index is 650. The lowest BCUT2D eigenvalue weighted by atomic mass is 9.95. The SMILES string of the molecule is Cc1ccc(CNC(=O)CC(O)(c2ccco2)C(F)(F)F)cc1. The maximum absolute atomic E-state index is 13.1. The molecule has 1 aromatic carbocycles. The van der Waals surface area contributed by atoms with E-state index >= 15 is 0 Å².